The molecule has 0 N–H and O–H groups in total. The van der Waals surface area contributed by atoms with Gasteiger partial charge in [0.05, 0.1) is 0 Å². The minimum absolute atomic E-state index is 0.238. The standard InChI is InChI=1S/C16H25NO3/c1-13(2)7-4-3-5-8-14(18)9-6-12-17-15(19)10-11-16(17)20/h10-11,13H,3-9,12H2,1-2H3. The molecule has 0 saturated carbocycles. The van der Waals surface area contributed by atoms with E-state index in [0.717, 1.165) is 18.8 Å². The van der Waals surface area contributed by atoms with E-state index in [2.05, 4.69) is 13.8 Å². The third-order valence-electron chi connectivity index (χ3n) is 3.47. The molecule has 0 aromatic carbocycles. The maximum atomic E-state index is 11.7. The van der Waals surface area contributed by atoms with Crippen LogP contribution in [0.2, 0.25) is 0 Å². The van der Waals surface area contributed by atoms with Crippen molar-refractivity contribution in [2.45, 2.75) is 58.8 Å². The molecule has 0 unspecified atom stereocenters. The molecule has 0 spiro atoms. The zero-order valence-electron chi connectivity index (χ0n) is 12.6. The van der Waals surface area contributed by atoms with Crippen LogP contribution in [0, 0.1) is 5.92 Å². The number of imide groups is 1. The van der Waals surface area contributed by atoms with Gasteiger partial charge in [0.2, 0.25) is 0 Å². The second-order valence-corrected chi connectivity index (χ2v) is 5.80. The Kier molecular flexibility index (Phi) is 7.20. The zero-order chi connectivity index (χ0) is 15.0. The third-order valence-corrected chi connectivity index (χ3v) is 3.47. The molecule has 2 amide bonds. The predicted octanol–water partition coefficient (Wildman–Crippen LogP) is 2.87. The average Bonchev–Trinajstić information content (AvgIpc) is 2.69. The number of ketones is 1. The maximum absolute atomic E-state index is 11.7. The van der Waals surface area contributed by atoms with Crippen LogP contribution in [0.4, 0.5) is 0 Å². The van der Waals surface area contributed by atoms with Gasteiger partial charge in [-0.2, -0.15) is 0 Å². The average molecular weight is 279 g/mol. The van der Waals surface area contributed by atoms with E-state index in [4.69, 9.17) is 0 Å². The van der Waals surface area contributed by atoms with Crippen LogP contribution < -0.4 is 0 Å². The van der Waals surface area contributed by atoms with Crippen molar-refractivity contribution in [3.05, 3.63) is 12.2 Å². The van der Waals surface area contributed by atoms with E-state index in [0.29, 0.717) is 25.8 Å². The Morgan fingerprint density at radius 1 is 1.00 bits per heavy atom. The summed E-state index contributed by atoms with van der Waals surface area (Å²) >= 11 is 0. The Bertz CT molecular complexity index is 367. The highest BCUT2D eigenvalue weighted by molar-refractivity contribution is 6.12. The second-order valence-electron chi connectivity index (χ2n) is 5.80. The van der Waals surface area contributed by atoms with E-state index in [1.165, 1.54) is 29.9 Å². The van der Waals surface area contributed by atoms with E-state index >= 15 is 0 Å². The fraction of sp³-hybridized carbons (Fsp3) is 0.688. The number of rotatable bonds is 10. The quantitative estimate of drug-likeness (QED) is 0.456. The summed E-state index contributed by atoms with van der Waals surface area (Å²) < 4.78 is 0. The minimum atomic E-state index is -0.267. The van der Waals surface area contributed by atoms with Gasteiger partial charge in [-0.25, -0.2) is 0 Å². The van der Waals surface area contributed by atoms with Crippen molar-refractivity contribution < 1.29 is 14.4 Å². The van der Waals surface area contributed by atoms with E-state index in [9.17, 15) is 14.4 Å². The molecule has 1 aliphatic rings. The molecule has 0 radical (unpaired) electrons. The number of carbonyl (C=O) groups excluding carboxylic acids is 3. The van der Waals surface area contributed by atoms with Crippen LogP contribution in [0.25, 0.3) is 0 Å². The van der Waals surface area contributed by atoms with E-state index in [-0.39, 0.29) is 17.6 Å². The lowest BCUT2D eigenvalue weighted by Crippen LogP contribution is -2.31. The molecule has 0 aromatic rings. The molecule has 0 atom stereocenters. The van der Waals surface area contributed by atoms with Gasteiger partial charge in [-0.1, -0.05) is 33.1 Å². The SMILES string of the molecule is CC(C)CCCCCC(=O)CCCN1C(=O)C=CC1=O. The Morgan fingerprint density at radius 3 is 2.20 bits per heavy atom. The third kappa shape index (κ3) is 6.13. The number of amides is 2. The largest absolute Gasteiger partial charge is 0.300 e. The zero-order valence-corrected chi connectivity index (χ0v) is 12.6. The van der Waals surface area contributed by atoms with Crippen molar-refractivity contribution >= 4 is 17.6 Å². The van der Waals surface area contributed by atoms with Crippen LogP contribution in [-0.2, 0) is 14.4 Å². The highest BCUT2D eigenvalue weighted by Gasteiger charge is 2.22. The van der Waals surface area contributed by atoms with Crippen LogP contribution in [0.5, 0.6) is 0 Å². The van der Waals surface area contributed by atoms with Crippen molar-refractivity contribution in [2.75, 3.05) is 6.54 Å². The topological polar surface area (TPSA) is 54.5 Å². The second kappa shape index (κ2) is 8.67. The van der Waals surface area contributed by atoms with E-state index in [1.807, 2.05) is 0 Å². The first kappa shape index (κ1) is 16.6. The van der Waals surface area contributed by atoms with Crippen molar-refractivity contribution in [2.24, 2.45) is 5.92 Å². The molecule has 0 bridgehead atoms. The van der Waals surface area contributed by atoms with Gasteiger partial charge in [-0.15, -0.1) is 0 Å². The summed E-state index contributed by atoms with van der Waals surface area (Å²) in [5, 5.41) is 0. The summed E-state index contributed by atoms with van der Waals surface area (Å²) in [7, 11) is 0. The Balaban J connectivity index is 2.03. The smallest absolute Gasteiger partial charge is 0.253 e. The van der Waals surface area contributed by atoms with Crippen LogP contribution in [0.3, 0.4) is 0 Å². The maximum Gasteiger partial charge on any atom is 0.253 e. The molecule has 1 aliphatic heterocycles. The summed E-state index contributed by atoms with van der Waals surface area (Å²) in [5.74, 6) is 0.434. The van der Waals surface area contributed by atoms with Crippen LogP contribution in [0.15, 0.2) is 12.2 Å². The van der Waals surface area contributed by atoms with Gasteiger partial charge in [0.15, 0.2) is 0 Å². The lowest BCUT2D eigenvalue weighted by molar-refractivity contribution is -0.137. The predicted molar refractivity (Wildman–Crippen MR) is 78.0 cm³/mol. The number of unbranched alkanes of at least 4 members (excludes halogenated alkanes) is 2. The first-order chi connectivity index (χ1) is 9.50. The Morgan fingerprint density at radius 2 is 1.60 bits per heavy atom. The van der Waals surface area contributed by atoms with Gasteiger partial charge in [0.25, 0.3) is 11.8 Å². The Hall–Kier alpha value is -1.45. The molecule has 112 valence electrons. The van der Waals surface area contributed by atoms with Gasteiger partial charge >= 0.3 is 0 Å². The van der Waals surface area contributed by atoms with E-state index < -0.39 is 0 Å². The number of nitrogens with zero attached hydrogens (tertiary/aromatic N) is 1. The highest BCUT2D eigenvalue weighted by atomic mass is 16.2. The number of hydrogen-bond donors (Lipinski definition) is 0. The van der Waals surface area contributed by atoms with Crippen LogP contribution in [0.1, 0.15) is 58.8 Å². The fourth-order valence-electron chi connectivity index (χ4n) is 2.26. The highest BCUT2D eigenvalue weighted by Crippen LogP contribution is 2.11. The monoisotopic (exact) mass is 279 g/mol. The summed E-state index contributed by atoms with van der Waals surface area (Å²) in [6, 6.07) is 0. The minimum Gasteiger partial charge on any atom is -0.300 e. The summed E-state index contributed by atoms with van der Waals surface area (Å²) in [6.07, 6.45) is 8.68. The molecule has 4 heteroatoms. The molecule has 1 rings (SSSR count). The molecular weight excluding hydrogens is 254 g/mol. The van der Waals surface area contributed by atoms with Gasteiger partial charge in [-0.3, -0.25) is 19.3 Å². The Labute approximate surface area is 121 Å². The lowest BCUT2D eigenvalue weighted by atomic mass is 10.0. The van der Waals surface area contributed by atoms with Crippen LogP contribution >= 0.6 is 0 Å². The first-order valence-electron chi connectivity index (χ1n) is 7.56. The molecule has 4 nitrogen and oxygen atoms in total. The first-order valence-corrected chi connectivity index (χ1v) is 7.56. The summed E-state index contributed by atoms with van der Waals surface area (Å²) in [5.41, 5.74) is 0. The molecule has 20 heavy (non-hydrogen) atoms. The molecule has 0 fully saturated rings. The van der Waals surface area contributed by atoms with Crippen molar-refractivity contribution in [1.82, 2.24) is 4.90 Å². The van der Waals surface area contributed by atoms with Crippen molar-refractivity contribution in [3.63, 3.8) is 0 Å². The van der Waals surface area contributed by atoms with Gasteiger partial charge in [0, 0.05) is 31.5 Å². The molecule has 1 heterocycles. The van der Waals surface area contributed by atoms with Gasteiger partial charge < -0.3 is 0 Å². The number of carbonyl (C=O) groups is 3. The van der Waals surface area contributed by atoms with Crippen molar-refractivity contribution in [1.29, 1.82) is 0 Å². The summed E-state index contributed by atoms with van der Waals surface area (Å²) in [4.78, 5) is 35.4. The number of Topliss-reactive ketones (excluding diaryl/α,β-unsaturated/α-hetero) is 1. The molecule has 0 aromatic heterocycles. The summed E-state index contributed by atoms with van der Waals surface area (Å²) in [6.45, 7) is 4.77. The molecular formula is C16H25NO3. The normalized spacial score (nSPS) is 14.7. The van der Waals surface area contributed by atoms with Gasteiger partial charge in [-0.05, 0) is 18.8 Å². The lowest BCUT2D eigenvalue weighted by Gasteiger charge is -2.12. The number of hydrogen-bond acceptors (Lipinski definition) is 3. The fourth-order valence-corrected chi connectivity index (χ4v) is 2.26. The molecule has 0 aliphatic carbocycles. The van der Waals surface area contributed by atoms with Crippen molar-refractivity contribution in [3.8, 4) is 0 Å². The molecule has 0 saturated heterocycles. The van der Waals surface area contributed by atoms with E-state index in [1.54, 1.807) is 0 Å². The van der Waals surface area contributed by atoms with Gasteiger partial charge in [0.1, 0.15) is 5.78 Å². The van der Waals surface area contributed by atoms with Crippen LogP contribution in [-0.4, -0.2) is 29.0 Å².